The molecule has 3 aliphatic rings. The predicted molar refractivity (Wildman–Crippen MR) is 230 cm³/mol. The van der Waals surface area contributed by atoms with Gasteiger partial charge in [0.05, 0.1) is 28.4 Å². The number of aromatic amines is 1. The van der Waals surface area contributed by atoms with Gasteiger partial charge in [-0.25, -0.2) is 13.8 Å². The van der Waals surface area contributed by atoms with Crippen LogP contribution in [-0.4, -0.2) is 94.3 Å². The number of unbranched alkanes of at least 4 members (excludes halogenated alkanes) is 1. The number of fused-ring (bicyclic) bond motifs is 2. The van der Waals surface area contributed by atoms with Crippen molar-refractivity contribution in [3.05, 3.63) is 113 Å². The van der Waals surface area contributed by atoms with E-state index in [1.165, 1.54) is 17.7 Å². The number of anilines is 3. The first-order valence-corrected chi connectivity index (χ1v) is 21.2. The van der Waals surface area contributed by atoms with E-state index < -0.39 is 17.7 Å². The first kappa shape index (κ1) is 40.2. The van der Waals surface area contributed by atoms with Crippen molar-refractivity contribution in [2.75, 3.05) is 61.5 Å². The quantitative estimate of drug-likeness (QED) is 0.0733. The van der Waals surface area contributed by atoms with E-state index in [0.717, 1.165) is 104 Å². The van der Waals surface area contributed by atoms with Crippen LogP contribution in [0.15, 0.2) is 79.1 Å². The van der Waals surface area contributed by atoms with Crippen LogP contribution in [0.5, 0.6) is 0 Å². The number of nitrogens with zero attached hydrogens (tertiary/aromatic N) is 5. The summed E-state index contributed by atoms with van der Waals surface area (Å²) in [5.41, 5.74) is 7.39. The molecule has 1 unspecified atom stereocenters. The molecule has 0 saturated carbocycles. The number of rotatable bonds is 13. The van der Waals surface area contributed by atoms with Crippen LogP contribution >= 0.6 is 0 Å². The van der Waals surface area contributed by atoms with Crippen molar-refractivity contribution < 1.29 is 27.9 Å². The lowest BCUT2D eigenvalue weighted by Gasteiger charge is -2.36. The Labute approximate surface area is 351 Å². The first-order chi connectivity index (χ1) is 29.7. The summed E-state index contributed by atoms with van der Waals surface area (Å²) in [5.74, 6) is -1.66. The molecule has 0 spiro atoms. The fraction of sp³-hybridized carbons (Fsp3) is 0.370. The summed E-state index contributed by atoms with van der Waals surface area (Å²) in [6.07, 6.45) is 7.59. The van der Waals surface area contributed by atoms with Gasteiger partial charge in [0.15, 0.2) is 5.82 Å². The van der Waals surface area contributed by atoms with Crippen molar-refractivity contribution in [2.45, 2.75) is 63.5 Å². The Hall–Kier alpha value is -6.19. The zero-order chi connectivity index (χ0) is 41.9. The van der Waals surface area contributed by atoms with Crippen LogP contribution in [0.2, 0.25) is 0 Å². The molecular formula is C46H49F2N9O4. The number of carbonyl (C=O) groups is 3. The number of piperidine rings is 1. The monoisotopic (exact) mass is 829 g/mol. The number of H-pyrrole nitrogens is 1. The lowest BCUT2D eigenvalue weighted by Crippen LogP contribution is -2.46. The van der Waals surface area contributed by atoms with Crippen LogP contribution in [0.1, 0.15) is 71.6 Å². The van der Waals surface area contributed by atoms with Gasteiger partial charge in [-0.15, -0.1) is 0 Å². The normalized spacial score (nSPS) is 17.9. The minimum Gasteiger partial charge on any atom is -0.381 e. The number of amides is 3. The Morgan fingerprint density at radius 3 is 2.46 bits per heavy atom. The van der Waals surface area contributed by atoms with Crippen molar-refractivity contribution >= 4 is 56.9 Å². The Kier molecular flexibility index (Phi) is 11.7. The molecule has 3 aliphatic heterocycles. The van der Waals surface area contributed by atoms with Crippen LogP contribution in [0.3, 0.4) is 0 Å². The van der Waals surface area contributed by atoms with E-state index >= 15 is 0 Å². The van der Waals surface area contributed by atoms with Gasteiger partial charge in [-0.2, -0.15) is 5.10 Å². The molecule has 3 fully saturated rings. The summed E-state index contributed by atoms with van der Waals surface area (Å²) in [6.45, 7) is 5.98. The number of ether oxygens (including phenoxy) is 1. The molecule has 5 heterocycles. The second kappa shape index (κ2) is 17.8. The summed E-state index contributed by atoms with van der Waals surface area (Å²) >= 11 is 0. The molecule has 3 saturated heterocycles. The predicted octanol–water partition coefficient (Wildman–Crippen LogP) is 6.75. The second-order valence-corrected chi connectivity index (χ2v) is 16.3. The molecule has 1 atom stereocenters. The van der Waals surface area contributed by atoms with Gasteiger partial charge in [0.1, 0.15) is 17.7 Å². The van der Waals surface area contributed by atoms with Crippen LogP contribution in [0.25, 0.3) is 21.9 Å². The molecule has 6 aromatic rings. The molecule has 0 bridgehead atoms. The minimum absolute atomic E-state index is 0.172. The Bertz CT molecular complexity index is 2560. The summed E-state index contributed by atoms with van der Waals surface area (Å²) < 4.78 is 35.2. The number of imide groups is 1. The molecule has 4 N–H and O–H groups in total. The van der Waals surface area contributed by atoms with Gasteiger partial charge in [0.2, 0.25) is 11.8 Å². The fourth-order valence-electron chi connectivity index (χ4n) is 8.82. The first-order valence-electron chi connectivity index (χ1n) is 21.2. The standard InChI is InChI=1S/C46H49F2N9O4/c47-32-22-31(23-33(48)26-32)21-30-4-8-38-37(24-30)44(54-53-38)52-45(59)36-7-6-35(27-39(36)50-34-12-19-61-20-13-34)56-17-15-55(16-18-56)14-2-1-3-29-5-9-41-40(25-29)49-28-57(41)42-10-11-43(58)51-46(42)60/h4-9,22-28,34,42,50H,1-3,10-21H2,(H,51,58,60)(H2,52,53,54,59). The second-order valence-electron chi connectivity index (χ2n) is 16.3. The highest BCUT2D eigenvalue weighted by atomic mass is 19.1. The van der Waals surface area contributed by atoms with Crippen molar-refractivity contribution in [1.82, 2.24) is 30.0 Å². The van der Waals surface area contributed by atoms with Gasteiger partial charge < -0.3 is 24.8 Å². The van der Waals surface area contributed by atoms with E-state index in [2.05, 4.69) is 59.1 Å². The van der Waals surface area contributed by atoms with Crippen molar-refractivity contribution in [3.63, 3.8) is 0 Å². The fourth-order valence-corrected chi connectivity index (χ4v) is 8.82. The minimum atomic E-state index is -0.623. The number of halogens is 2. The Morgan fingerprint density at radius 1 is 0.852 bits per heavy atom. The van der Waals surface area contributed by atoms with Crippen molar-refractivity contribution in [3.8, 4) is 0 Å². The van der Waals surface area contributed by atoms with Crippen LogP contribution < -0.4 is 20.9 Å². The van der Waals surface area contributed by atoms with E-state index in [0.29, 0.717) is 54.8 Å². The number of imidazole rings is 1. The molecule has 0 radical (unpaired) electrons. The van der Waals surface area contributed by atoms with Gasteiger partial charge in [0.25, 0.3) is 5.91 Å². The summed E-state index contributed by atoms with van der Waals surface area (Å²) in [5, 5.41) is 17.2. The smallest absolute Gasteiger partial charge is 0.258 e. The van der Waals surface area contributed by atoms with Crippen LogP contribution in [0, 0.1) is 11.6 Å². The molecular weight excluding hydrogens is 781 g/mol. The van der Waals surface area contributed by atoms with Crippen molar-refractivity contribution in [2.24, 2.45) is 0 Å². The summed E-state index contributed by atoms with van der Waals surface area (Å²) in [7, 11) is 0. The topological polar surface area (TPSA) is 150 Å². The molecule has 316 valence electrons. The number of benzene rings is 4. The lowest BCUT2D eigenvalue weighted by molar-refractivity contribution is -0.135. The number of hydrogen-bond acceptors (Lipinski definition) is 9. The van der Waals surface area contributed by atoms with E-state index in [1.54, 1.807) is 6.33 Å². The van der Waals surface area contributed by atoms with E-state index in [9.17, 15) is 23.2 Å². The van der Waals surface area contributed by atoms with Crippen molar-refractivity contribution in [1.29, 1.82) is 0 Å². The number of aryl methyl sites for hydroxylation is 1. The summed E-state index contributed by atoms with van der Waals surface area (Å²) in [4.78, 5) is 47.5. The van der Waals surface area contributed by atoms with E-state index in [-0.39, 0.29) is 23.8 Å². The Morgan fingerprint density at radius 2 is 1.66 bits per heavy atom. The van der Waals surface area contributed by atoms with Gasteiger partial charge in [-0.3, -0.25) is 29.7 Å². The van der Waals surface area contributed by atoms with Gasteiger partial charge in [-0.1, -0.05) is 12.1 Å². The van der Waals surface area contributed by atoms with Gasteiger partial charge in [0, 0.05) is 74.7 Å². The zero-order valence-corrected chi connectivity index (χ0v) is 33.9. The van der Waals surface area contributed by atoms with Crippen LogP contribution in [-0.2, 0) is 27.2 Å². The molecule has 9 rings (SSSR count). The number of hydrogen-bond donors (Lipinski definition) is 4. The zero-order valence-electron chi connectivity index (χ0n) is 33.9. The van der Waals surface area contributed by atoms with Crippen LogP contribution in [0.4, 0.5) is 26.0 Å². The van der Waals surface area contributed by atoms with Gasteiger partial charge >= 0.3 is 0 Å². The number of carbonyl (C=O) groups excluding carboxylic acids is 3. The van der Waals surface area contributed by atoms with E-state index in [4.69, 9.17) is 4.74 Å². The third-order valence-electron chi connectivity index (χ3n) is 12.1. The van der Waals surface area contributed by atoms with Gasteiger partial charge in [-0.05, 0) is 123 Å². The Balaban J connectivity index is 0.808. The maximum absolute atomic E-state index is 14.0. The number of piperazine rings is 1. The highest BCUT2D eigenvalue weighted by Gasteiger charge is 2.29. The molecule has 61 heavy (non-hydrogen) atoms. The lowest BCUT2D eigenvalue weighted by atomic mass is 10.0. The average molecular weight is 830 g/mol. The summed E-state index contributed by atoms with van der Waals surface area (Å²) in [6, 6.07) is 21.1. The highest BCUT2D eigenvalue weighted by molar-refractivity contribution is 6.11. The SMILES string of the molecule is O=C1CCC(n2cnc3cc(CCCCN4CCN(c5ccc(C(=O)Nc6n[nH]c7ccc(Cc8cc(F)cc(F)c8)cc67)c(NC6CCOCC6)c5)CC4)ccc32)C(=O)N1. The largest absolute Gasteiger partial charge is 0.381 e. The third-order valence-corrected chi connectivity index (χ3v) is 12.1. The molecule has 13 nitrogen and oxygen atoms in total. The molecule has 2 aromatic heterocycles. The molecule has 0 aliphatic carbocycles. The maximum Gasteiger partial charge on any atom is 0.258 e. The maximum atomic E-state index is 14.0. The highest BCUT2D eigenvalue weighted by Crippen LogP contribution is 2.30. The average Bonchev–Trinajstić information content (AvgIpc) is 3.86. The molecule has 3 amide bonds. The number of nitrogens with one attached hydrogen (secondary N) is 4. The molecule has 15 heteroatoms. The molecule has 4 aromatic carbocycles. The number of aromatic nitrogens is 4. The van der Waals surface area contributed by atoms with E-state index in [1.807, 2.05) is 41.0 Å². The third kappa shape index (κ3) is 9.27.